The van der Waals surface area contributed by atoms with Crippen LogP contribution in [-0.4, -0.2) is 35.8 Å². The third-order valence-corrected chi connectivity index (χ3v) is 4.03. The van der Waals surface area contributed by atoms with Crippen molar-refractivity contribution in [2.24, 2.45) is 0 Å². The van der Waals surface area contributed by atoms with Gasteiger partial charge >= 0.3 is 0 Å². The van der Waals surface area contributed by atoms with E-state index in [2.05, 4.69) is 5.32 Å². The molecule has 0 aliphatic carbocycles. The van der Waals surface area contributed by atoms with Gasteiger partial charge in [-0.2, -0.15) is 0 Å². The molecule has 4 nitrogen and oxygen atoms in total. The van der Waals surface area contributed by atoms with E-state index in [0.29, 0.717) is 28.6 Å². The zero-order chi connectivity index (χ0) is 14.0. The molecule has 19 heavy (non-hydrogen) atoms. The molecule has 1 fully saturated rings. The van der Waals surface area contributed by atoms with Crippen LogP contribution < -0.4 is 5.32 Å². The van der Waals surface area contributed by atoms with E-state index in [9.17, 15) is 14.0 Å². The summed E-state index contributed by atoms with van der Waals surface area (Å²) in [5, 5.41) is 2.75. The Bertz CT molecular complexity index is 521. The summed E-state index contributed by atoms with van der Waals surface area (Å²) < 4.78 is 13.6. The maximum Gasteiger partial charge on any atom is 0.255 e. The molecule has 1 aromatic rings. The van der Waals surface area contributed by atoms with E-state index >= 15 is 0 Å². The Morgan fingerprint density at radius 1 is 1.58 bits per heavy atom. The summed E-state index contributed by atoms with van der Waals surface area (Å²) in [7, 11) is 0. The highest BCUT2D eigenvalue weighted by Gasteiger charge is 2.32. The minimum atomic E-state index is -0.442. The first-order chi connectivity index (χ1) is 9.04. The monoisotopic (exact) mass is 376 g/mol. The van der Waals surface area contributed by atoms with Crippen LogP contribution in [0.2, 0.25) is 0 Å². The number of nitrogens with zero attached hydrogens (tertiary/aromatic N) is 1. The van der Waals surface area contributed by atoms with Crippen molar-refractivity contribution in [2.45, 2.75) is 19.4 Å². The van der Waals surface area contributed by atoms with E-state index in [1.54, 1.807) is 4.90 Å². The molecule has 1 unspecified atom stereocenters. The number of amides is 2. The molecule has 1 atom stereocenters. The number of halogens is 2. The molecule has 2 rings (SSSR count). The minimum absolute atomic E-state index is 0.126. The lowest BCUT2D eigenvalue weighted by molar-refractivity contribution is -0.127. The van der Waals surface area contributed by atoms with Gasteiger partial charge in [-0.15, -0.1) is 0 Å². The maximum atomic E-state index is 13.1. The number of carbonyl (C=O) groups excluding carboxylic acids is 2. The van der Waals surface area contributed by atoms with Crippen LogP contribution in [0.15, 0.2) is 18.2 Å². The van der Waals surface area contributed by atoms with Crippen LogP contribution >= 0.6 is 22.6 Å². The molecule has 1 saturated heterocycles. The molecule has 2 amide bonds. The van der Waals surface area contributed by atoms with Crippen molar-refractivity contribution in [3.63, 3.8) is 0 Å². The highest BCUT2D eigenvalue weighted by atomic mass is 127. The molecular weight excluding hydrogens is 362 g/mol. The number of benzene rings is 1. The van der Waals surface area contributed by atoms with Gasteiger partial charge in [0.2, 0.25) is 5.91 Å². The predicted molar refractivity (Wildman–Crippen MR) is 77.2 cm³/mol. The Hall–Kier alpha value is -1.18. The predicted octanol–water partition coefficient (Wildman–Crippen LogP) is 1.78. The van der Waals surface area contributed by atoms with Crippen LogP contribution in [0.4, 0.5) is 4.39 Å². The molecule has 0 saturated carbocycles. The van der Waals surface area contributed by atoms with E-state index in [-0.39, 0.29) is 17.6 Å². The van der Waals surface area contributed by atoms with Gasteiger partial charge in [-0.25, -0.2) is 4.39 Å². The normalized spacial score (nSPS) is 19.2. The fourth-order valence-electron chi connectivity index (χ4n) is 2.18. The SMILES string of the molecule is CCC1C(=O)NCCN1C(=O)c1ccc(F)cc1I. The lowest BCUT2D eigenvalue weighted by Crippen LogP contribution is -2.57. The molecular formula is C13H14FIN2O2. The van der Waals surface area contributed by atoms with Crippen molar-refractivity contribution in [3.8, 4) is 0 Å². The van der Waals surface area contributed by atoms with Gasteiger partial charge in [0.1, 0.15) is 11.9 Å². The molecule has 1 aromatic carbocycles. The summed E-state index contributed by atoms with van der Waals surface area (Å²) in [6.45, 7) is 2.81. The maximum absolute atomic E-state index is 13.1. The van der Waals surface area contributed by atoms with Crippen LogP contribution in [0, 0.1) is 9.39 Å². The molecule has 1 aliphatic rings. The molecule has 0 radical (unpaired) electrons. The molecule has 102 valence electrons. The van der Waals surface area contributed by atoms with Crippen molar-refractivity contribution >= 4 is 34.4 Å². The number of hydrogen-bond donors (Lipinski definition) is 1. The summed E-state index contributed by atoms with van der Waals surface area (Å²) in [5.74, 6) is -0.713. The molecule has 0 spiro atoms. The van der Waals surface area contributed by atoms with Crippen molar-refractivity contribution in [1.82, 2.24) is 10.2 Å². The Morgan fingerprint density at radius 2 is 2.32 bits per heavy atom. The number of hydrogen-bond acceptors (Lipinski definition) is 2. The van der Waals surface area contributed by atoms with Gasteiger partial charge in [-0.05, 0) is 47.2 Å². The third kappa shape index (κ3) is 2.88. The average molecular weight is 376 g/mol. The van der Waals surface area contributed by atoms with Crippen molar-refractivity contribution in [1.29, 1.82) is 0 Å². The summed E-state index contributed by atoms with van der Waals surface area (Å²) in [5.41, 5.74) is 0.440. The Balaban J connectivity index is 2.29. The largest absolute Gasteiger partial charge is 0.353 e. The number of rotatable bonds is 2. The first kappa shape index (κ1) is 14.2. The second-order valence-corrected chi connectivity index (χ2v) is 5.50. The summed E-state index contributed by atoms with van der Waals surface area (Å²) in [6, 6.07) is 3.61. The minimum Gasteiger partial charge on any atom is -0.353 e. The quantitative estimate of drug-likeness (QED) is 0.801. The van der Waals surface area contributed by atoms with Gasteiger partial charge in [0, 0.05) is 16.7 Å². The van der Waals surface area contributed by atoms with E-state index in [1.165, 1.54) is 18.2 Å². The van der Waals surface area contributed by atoms with Gasteiger partial charge in [0.05, 0.1) is 5.56 Å². The van der Waals surface area contributed by atoms with Crippen LogP contribution in [0.25, 0.3) is 0 Å². The van der Waals surface area contributed by atoms with Gasteiger partial charge in [0.15, 0.2) is 0 Å². The number of piperazine rings is 1. The molecule has 1 heterocycles. The van der Waals surface area contributed by atoms with E-state index in [0.717, 1.165) is 0 Å². The molecule has 0 bridgehead atoms. The number of carbonyl (C=O) groups is 2. The first-order valence-electron chi connectivity index (χ1n) is 6.08. The summed E-state index contributed by atoms with van der Waals surface area (Å²) >= 11 is 1.93. The zero-order valence-corrected chi connectivity index (χ0v) is 12.6. The standard InChI is InChI=1S/C13H14FIN2O2/c1-2-11-12(18)16-5-6-17(11)13(19)9-4-3-8(14)7-10(9)15/h3-4,7,11H,2,5-6H2,1H3,(H,16,18). The second kappa shape index (κ2) is 5.85. The van der Waals surface area contributed by atoms with Crippen molar-refractivity contribution in [3.05, 3.63) is 33.1 Å². The first-order valence-corrected chi connectivity index (χ1v) is 7.16. The zero-order valence-electron chi connectivity index (χ0n) is 10.5. The fraction of sp³-hybridized carbons (Fsp3) is 0.385. The van der Waals surface area contributed by atoms with Crippen LogP contribution in [-0.2, 0) is 4.79 Å². The lowest BCUT2D eigenvalue weighted by Gasteiger charge is -2.34. The summed E-state index contributed by atoms with van der Waals surface area (Å²) in [6.07, 6.45) is 0.565. The van der Waals surface area contributed by atoms with Gasteiger partial charge < -0.3 is 10.2 Å². The Kier molecular flexibility index (Phi) is 4.38. The lowest BCUT2D eigenvalue weighted by atomic mass is 10.1. The van der Waals surface area contributed by atoms with Gasteiger partial charge in [-0.1, -0.05) is 6.92 Å². The third-order valence-electron chi connectivity index (χ3n) is 3.14. The van der Waals surface area contributed by atoms with Crippen LogP contribution in [0.1, 0.15) is 23.7 Å². The van der Waals surface area contributed by atoms with Crippen molar-refractivity contribution in [2.75, 3.05) is 13.1 Å². The second-order valence-electron chi connectivity index (χ2n) is 4.34. The van der Waals surface area contributed by atoms with E-state index < -0.39 is 6.04 Å². The van der Waals surface area contributed by atoms with Gasteiger partial charge in [-0.3, -0.25) is 9.59 Å². The van der Waals surface area contributed by atoms with Crippen LogP contribution in [0.3, 0.4) is 0 Å². The highest BCUT2D eigenvalue weighted by Crippen LogP contribution is 2.19. The summed E-state index contributed by atoms with van der Waals surface area (Å²) in [4.78, 5) is 25.8. The topological polar surface area (TPSA) is 49.4 Å². The number of nitrogens with one attached hydrogen (secondary N) is 1. The molecule has 6 heteroatoms. The van der Waals surface area contributed by atoms with Gasteiger partial charge in [0.25, 0.3) is 5.91 Å². The van der Waals surface area contributed by atoms with Crippen LogP contribution in [0.5, 0.6) is 0 Å². The fourth-order valence-corrected chi connectivity index (χ4v) is 2.89. The van der Waals surface area contributed by atoms with Crippen molar-refractivity contribution < 1.29 is 14.0 Å². The molecule has 1 N–H and O–H groups in total. The Morgan fingerprint density at radius 3 is 2.95 bits per heavy atom. The smallest absolute Gasteiger partial charge is 0.255 e. The highest BCUT2D eigenvalue weighted by molar-refractivity contribution is 14.1. The molecule has 1 aliphatic heterocycles. The molecule has 0 aromatic heterocycles. The van der Waals surface area contributed by atoms with E-state index in [4.69, 9.17) is 0 Å². The average Bonchev–Trinajstić information content (AvgIpc) is 2.37. The van der Waals surface area contributed by atoms with E-state index in [1.807, 2.05) is 29.5 Å². The Labute approximate surface area is 124 Å².